The number of hydrogen-bond donors (Lipinski definition) is 1. The summed E-state index contributed by atoms with van der Waals surface area (Å²) < 4.78 is 6.80. The van der Waals surface area contributed by atoms with Gasteiger partial charge in [-0.3, -0.25) is 14.2 Å². The van der Waals surface area contributed by atoms with Gasteiger partial charge in [-0.2, -0.15) is 0 Å². The highest BCUT2D eigenvalue weighted by Crippen LogP contribution is 2.33. The summed E-state index contributed by atoms with van der Waals surface area (Å²) >= 11 is 0. The summed E-state index contributed by atoms with van der Waals surface area (Å²) in [6.45, 7) is 3.20. The SMILES string of the molecule is COc1cccc2c1c(CC(=O)O)c(C)n2C(C)=O. The Morgan fingerprint density at radius 1 is 1.37 bits per heavy atom. The molecule has 5 heteroatoms. The number of aliphatic carboxylic acids is 1. The lowest BCUT2D eigenvalue weighted by atomic mass is 10.1. The Bertz CT molecular complexity index is 670. The molecule has 0 unspecified atom stereocenters. The van der Waals surface area contributed by atoms with Crippen molar-refractivity contribution in [2.45, 2.75) is 20.3 Å². The van der Waals surface area contributed by atoms with Crippen molar-refractivity contribution in [1.29, 1.82) is 0 Å². The number of ether oxygens (including phenoxy) is 1. The molecule has 0 bridgehead atoms. The first-order valence-corrected chi connectivity index (χ1v) is 5.87. The highest BCUT2D eigenvalue weighted by molar-refractivity contribution is 5.99. The topological polar surface area (TPSA) is 68.5 Å². The van der Waals surface area contributed by atoms with Gasteiger partial charge in [0.2, 0.25) is 5.91 Å². The summed E-state index contributed by atoms with van der Waals surface area (Å²) in [6, 6.07) is 5.33. The summed E-state index contributed by atoms with van der Waals surface area (Å²) in [5.41, 5.74) is 1.95. The van der Waals surface area contributed by atoms with E-state index in [2.05, 4.69) is 0 Å². The minimum Gasteiger partial charge on any atom is -0.496 e. The van der Waals surface area contributed by atoms with Gasteiger partial charge in [0.15, 0.2) is 0 Å². The van der Waals surface area contributed by atoms with Crippen LogP contribution in [0.25, 0.3) is 10.9 Å². The lowest BCUT2D eigenvalue weighted by Crippen LogP contribution is -2.08. The van der Waals surface area contributed by atoms with Crippen LogP contribution in [0.1, 0.15) is 23.0 Å². The van der Waals surface area contributed by atoms with Crippen LogP contribution in [0.3, 0.4) is 0 Å². The van der Waals surface area contributed by atoms with Crippen molar-refractivity contribution in [2.75, 3.05) is 7.11 Å². The summed E-state index contributed by atoms with van der Waals surface area (Å²) in [5.74, 6) is -0.499. The van der Waals surface area contributed by atoms with Crippen LogP contribution in [0.15, 0.2) is 18.2 Å². The zero-order chi connectivity index (χ0) is 14.2. The van der Waals surface area contributed by atoms with E-state index < -0.39 is 5.97 Å². The fourth-order valence-corrected chi connectivity index (χ4v) is 2.45. The molecule has 2 aromatic rings. The molecular weight excluding hydrogens is 246 g/mol. The molecule has 5 nitrogen and oxygen atoms in total. The van der Waals surface area contributed by atoms with E-state index >= 15 is 0 Å². The van der Waals surface area contributed by atoms with Gasteiger partial charge in [-0.25, -0.2) is 0 Å². The number of hydrogen-bond acceptors (Lipinski definition) is 3. The van der Waals surface area contributed by atoms with Gasteiger partial charge in [-0.05, 0) is 24.6 Å². The van der Waals surface area contributed by atoms with Crippen LogP contribution in [0.5, 0.6) is 5.75 Å². The quantitative estimate of drug-likeness (QED) is 0.920. The van der Waals surface area contributed by atoms with Crippen molar-refractivity contribution in [3.63, 3.8) is 0 Å². The lowest BCUT2D eigenvalue weighted by Gasteiger charge is -2.04. The standard InChI is InChI=1S/C14H15NO4/c1-8-10(7-13(17)18)14-11(15(8)9(2)16)5-4-6-12(14)19-3/h4-6H,7H2,1-3H3,(H,17,18). The van der Waals surface area contributed by atoms with Gasteiger partial charge in [0.05, 0.1) is 19.0 Å². The minimum absolute atomic E-state index is 0.136. The first-order valence-electron chi connectivity index (χ1n) is 5.87. The zero-order valence-corrected chi connectivity index (χ0v) is 11.1. The van der Waals surface area contributed by atoms with Gasteiger partial charge in [0.25, 0.3) is 0 Å². The second kappa shape index (κ2) is 4.76. The van der Waals surface area contributed by atoms with Crippen molar-refractivity contribution in [3.8, 4) is 5.75 Å². The zero-order valence-electron chi connectivity index (χ0n) is 11.1. The summed E-state index contributed by atoms with van der Waals surface area (Å²) in [7, 11) is 1.53. The number of carbonyl (C=O) groups excluding carboxylic acids is 1. The highest BCUT2D eigenvalue weighted by atomic mass is 16.5. The Morgan fingerprint density at radius 3 is 2.58 bits per heavy atom. The number of carboxylic acid groups (broad SMARTS) is 1. The van der Waals surface area contributed by atoms with Crippen molar-refractivity contribution < 1.29 is 19.4 Å². The molecule has 0 spiro atoms. The third kappa shape index (κ3) is 2.07. The maximum Gasteiger partial charge on any atom is 0.307 e. The number of fused-ring (bicyclic) bond motifs is 1. The van der Waals surface area contributed by atoms with Gasteiger partial charge in [0.1, 0.15) is 5.75 Å². The van der Waals surface area contributed by atoms with Crippen molar-refractivity contribution >= 4 is 22.8 Å². The predicted molar refractivity (Wildman–Crippen MR) is 70.9 cm³/mol. The number of methoxy groups -OCH3 is 1. The Labute approximate surface area is 110 Å². The Morgan fingerprint density at radius 2 is 2.05 bits per heavy atom. The lowest BCUT2D eigenvalue weighted by molar-refractivity contribution is -0.136. The minimum atomic E-state index is -0.934. The molecule has 2 rings (SSSR count). The van der Waals surface area contributed by atoms with E-state index in [1.54, 1.807) is 25.1 Å². The summed E-state index contributed by atoms with van der Waals surface area (Å²) in [4.78, 5) is 22.8. The maximum absolute atomic E-state index is 11.8. The van der Waals surface area contributed by atoms with Gasteiger partial charge in [-0.15, -0.1) is 0 Å². The molecule has 0 aliphatic carbocycles. The van der Waals surface area contributed by atoms with Crippen LogP contribution >= 0.6 is 0 Å². The number of nitrogens with zero attached hydrogens (tertiary/aromatic N) is 1. The number of carboxylic acids is 1. The molecule has 100 valence electrons. The highest BCUT2D eigenvalue weighted by Gasteiger charge is 2.20. The van der Waals surface area contributed by atoms with Gasteiger partial charge in [0, 0.05) is 18.0 Å². The number of aromatic nitrogens is 1. The van der Waals surface area contributed by atoms with Crippen LogP contribution < -0.4 is 4.74 Å². The molecule has 19 heavy (non-hydrogen) atoms. The smallest absolute Gasteiger partial charge is 0.307 e. The second-order valence-corrected chi connectivity index (χ2v) is 4.34. The predicted octanol–water partition coefficient (Wildman–Crippen LogP) is 2.25. The molecule has 0 fully saturated rings. The molecule has 0 radical (unpaired) electrons. The van der Waals surface area contributed by atoms with E-state index in [0.717, 1.165) is 0 Å². The number of rotatable bonds is 3. The van der Waals surface area contributed by atoms with Crippen molar-refractivity contribution in [2.24, 2.45) is 0 Å². The van der Waals surface area contributed by atoms with Crippen LogP contribution in [-0.4, -0.2) is 28.7 Å². The van der Waals surface area contributed by atoms with E-state index in [4.69, 9.17) is 9.84 Å². The van der Waals surface area contributed by atoms with Gasteiger partial charge < -0.3 is 9.84 Å². The third-order valence-electron chi connectivity index (χ3n) is 3.18. The van der Waals surface area contributed by atoms with E-state index in [1.807, 2.05) is 0 Å². The number of carbonyl (C=O) groups is 2. The molecule has 0 atom stereocenters. The molecule has 1 heterocycles. The monoisotopic (exact) mass is 261 g/mol. The Kier molecular flexibility index (Phi) is 3.29. The van der Waals surface area contributed by atoms with Crippen LogP contribution in [0, 0.1) is 6.92 Å². The van der Waals surface area contributed by atoms with Crippen molar-refractivity contribution in [1.82, 2.24) is 4.57 Å². The van der Waals surface area contributed by atoms with Crippen LogP contribution in [0.4, 0.5) is 0 Å². The largest absolute Gasteiger partial charge is 0.496 e. The van der Waals surface area contributed by atoms with Crippen LogP contribution in [-0.2, 0) is 11.2 Å². The first-order chi connectivity index (χ1) is 8.97. The molecule has 0 saturated carbocycles. The molecule has 1 aromatic heterocycles. The Balaban J connectivity index is 2.88. The molecule has 0 saturated heterocycles. The van der Waals surface area contributed by atoms with E-state index in [9.17, 15) is 9.59 Å². The molecule has 0 amide bonds. The number of benzene rings is 1. The van der Waals surface area contributed by atoms with E-state index in [-0.39, 0.29) is 12.3 Å². The summed E-state index contributed by atoms with van der Waals surface area (Å²) in [6.07, 6.45) is -0.136. The average molecular weight is 261 g/mol. The third-order valence-corrected chi connectivity index (χ3v) is 3.18. The van der Waals surface area contributed by atoms with E-state index in [0.29, 0.717) is 27.9 Å². The second-order valence-electron chi connectivity index (χ2n) is 4.34. The molecule has 1 aromatic carbocycles. The molecule has 0 aliphatic heterocycles. The fraction of sp³-hybridized carbons (Fsp3) is 0.286. The van der Waals surface area contributed by atoms with Gasteiger partial charge >= 0.3 is 5.97 Å². The normalized spacial score (nSPS) is 10.7. The van der Waals surface area contributed by atoms with Crippen molar-refractivity contribution in [3.05, 3.63) is 29.5 Å². The van der Waals surface area contributed by atoms with E-state index in [1.165, 1.54) is 18.6 Å². The fourth-order valence-electron chi connectivity index (χ4n) is 2.45. The van der Waals surface area contributed by atoms with Crippen LogP contribution in [0.2, 0.25) is 0 Å². The Hall–Kier alpha value is -2.30. The average Bonchev–Trinajstić information content (AvgIpc) is 2.61. The van der Waals surface area contributed by atoms with Gasteiger partial charge in [-0.1, -0.05) is 6.07 Å². The molecular formula is C14H15NO4. The molecule has 1 N–H and O–H groups in total. The first kappa shape index (κ1) is 13.1. The maximum atomic E-state index is 11.8. The molecule has 0 aliphatic rings. The summed E-state index contributed by atoms with van der Waals surface area (Å²) in [5, 5.41) is 9.72.